The van der Waals surface area contributed by atoms with Crippen LogP contribution < -0.4 is 5.32 Å². The molecule has 0 saturated heterocycles. The molecule has 4 heteroatoms. The van der Waals surface area contributed by atoms with Gasteiger partial charge in [0.1, 0.15) is 12.4 Å². The second kappa shape index (κ2) is 4.49. The van der Waals surface area contributed by atoms with E-state index in [0.717, 1.165) is 16.9 Å². The number of aliphatic imine (C=N–C) groups is 1. The molecule has 3 nitrogen and oxygen atoms in total. The summed E-state index contributed by atoms with van der Waals surface area (Å²) in [4.78, 5) is 4.35. The lowest BCUT2D eigenvalue weighted by Gasteiger charge is -2.17. The number of ether oxygens (including phenoxy) is 1. The van der Waals surface area contributed by atoms with E-state index in [0.29, 0.717) is 12.6 Å². The average molecular weight is 242 g/mol. The van der Waals surface area contributed by atoms with Crippen molar-refractivity contribution in [2.45, 2.75) is 6.61 Å². The molecule has 0 radical (unpaired) electrons. The van der Waals surface area contributed by atoms with Crippen LogP contribution in [0.2, 0.25) is 0 Å². The highest BCUT2D eigenvalue weighted by molar-refractivity contribution is 5.91. The number of hydrogen-bond acceptors (Lipinski definition) is 3. The number of anilines is 1. The lowest BCUT2D eigenvalue weighted by atomic mass is 10.2. The van der Waals surface area contributed by atoms with Gasteiger partial charge in [-0.25, -0.2) is 4.39 Å². The molecule has 0 atom stereocenters. The molecule has 0 bridgehead atoms. The standard InChI is InChI=1S/C14H11FN2O/c15-11-5-7-12(8-6-11)16-14-17-13-4-2-1-3-10(13)9-18-14/h1-8H,9H2,(H,16,17). The molecule has 1 heterocycles. The summed E-state index contributed by atoms with van der Waals surface area (Å²) in [6.45, 7) is 0.489. The van der Waals surface area contributed by atoms with Crippen LogP contribution in [0, 0.1) is 5.82 Å². The Morgan fingerprint density at radius 3 is 2.67 bits per heavy atom. The minimum Gasteiger partial charge on any atom is -0.460 e. The normalized spacial score (nSPS) is 13.3. The van der Waals surface area contributed by atoms with E-state index in [-0.39, 0.29) is 5.82 Å². The summed E-state index contributed by atoms with van der Waals surface area (Å²) in [6, 6.07) is 14.3. The molecule has 0 spiro atoms. The van der Waals surface area contributed by atoms with Gasteiger partial charge in [0.05, 0.1) is 5.69 Å². The van der Waals surface area contributed by atoms with Crippen LogP contribution >= 0.6 is 0 Å². The summed E-state index contributed by atoms with van der Waals surface area (Å²) in [5.41, 5.74) is 2.70. The van der Waals surface area contributed by atoms with Crippen molar-refractivity contribution < 1.29 is 9.13 Å². The second-order valence-electron chi connectivity index (χ2n) is 3.97. The Morgan fingerprint density at radius 1 is 1.06 bits per heavy atom. The Bertz CT molecular complexity index is 593. The first-order valence-electron chi connectivity index (χ1n) is 5.63. The zero-order chi connectivity index (χ0) is 12.4. The van der Waals surface area contributed by atoms with E-state index in [1.165, 1.54) is 12.1 Å². The Kier molecular flexibility index (Phi) is 2.68. The van der Waals surface area contributed by atoms with E-state index in [1.807, 2.05) is 24.3 Å². The van der Waals surface area contributed by atoms with Gasteiger partial charge in [-0.3, -0.25) is 0 Å². The number of rotatable bonds is 1. The maximum absolute atomic E-state index is 12.8. The van der Waals surface area contributed by atoms with Crippen LogP contribution in [-0.4, -0.2) is 6.02 Å². The summed E-state index contributed by atoms with van der Waals surface area (Å²) < 4.78 is 18.3. The molecule has 0 aliphatic carbocycles. The number of amidine groups is 1. The van der Waals surface area contributed by atoms with Gasteiger partial charge in [0.15, 0.2) is 0 Å². The number of nitrogens with zero attached hydrogens (tertiary/aromatic N) is 1. The van der Waals surface area contributed by atoms with E-state index in [1.54, 1.807) is 12.1 Å². The van der Waals surface area contributed by atoms with Gasteiger partial charge in [-0.2, -0.15) is 4.99 Å². The molecule has 1 N–H and O–H groups in total. The largest absolute Gasteiger partial charge is 0.460 e. The van der Waals surface area contributed by atoms with Crippen molar-refractivity contribution in [3.63, 3.8) is 0 Å². The summed E-state index contributed by atoms with van der Waals surface area (Å²) >= 11 is 0. The summed E-state index contributed by atoms with van der Waals surface area (Å²) in [5.74, 6) is -0.266. The van der Waals surface area contributed by atoms with Crippen LogP contribution in [0.25, 0.3) is 0 Å². The van der Waals surface area contributed by atoms with E-state index >= 15 is 0 Å². The third-order valence-corrected chi connectivity index (χ3v) is 2.67. The third kappa shape index (κ3) is 2.18. The Hall–Kier alpha value is -2.36. The van der Waals surface area contributed by atoms with Crippen molar-refractivity contribution >= 4 is 17.4 Å². The molecular weight excluding hydrogens is 231 g/mol. The van der Waals surface area contributed by atoms with Gasteiger partial charge in [0.25, 0.3) is 6.02 Å². The molecule has 3 rings (SSSR count). The highest BCUT2D eigenvalue weighted by Gasteiger charge is 2.12. The Labute approximate surface area is 104 Å². The zero-order valence-electron chi connectivity index (χ0n) is 9.56. The summed E-state index contributed by atoms with van der Waals surface area (Å²) in [7, 11) is 0. The van der Waals surface area contributed by atoms with Crippen molar-refractivity contribution in [2.24, 2.45) is 4.99 Å². The van der Waals surface area contributed by atoms with Crippen LogP contribution in [0.3, 0.4) is 0 Å². The van der Waals surface area contributed by atoms with Gasteiger partial charge in [-0.05, 0) is 30.3 Å². The highest BCUT2D eigenvalue weighted by Crippen LogP contribution is 2.24. The molecule has 0 aromatic heterocycles. The highest BCUT2D eigenvalue weighted by atomic mass is 19.1. The Balaban J connectivity index is 1.83. The van der Waals surface area contributed by atoms with Gasteiger partial charge in [0, 0.05) is 11.3 Å². The Morgan fingerprint density at radius 2 is 1.83 bits per heavy atom. The quantitative estimate of drug-likeness (QED) is 0.830. The average Bonchev–Trinajstić information content (AvgIpc) is 2.41. The molecule has 2 aromatic carbocycles. The number of nitrogens with one attached hydrogen (secondary N) is 1. The van der Waals surface area contributed by atoms with Crippen LogP contribution in [0.15, 0.2) is 53.5 Å². The molecule has 1 aliphatic heterocycles. The maximum Gasteiger partial charge on any atom is 0.294 e. The predicted molar refractivity (Wildman–Crippen MR) is 68.3 cm³/mol. The van der Waals surface area contributed by atoms with Crippen molar-refractivity contribution in [3.8, 4) is 0 Å². The maximum atomic E-state index is 12.8. The van der Waals surface area contributed by atoms with Gasteiger partial charge in [-0.1, -0.05) is 18.2 Å². The van der Waals surface area contributed by atoms with Crippen molar-refractivity contribution in [2.75, 3.05) is 5.32 Å². The van der Waals surface area contributed by atoms with E-state index in [4.69, 9.17) is 4.74 Å². The molecule has 1 aliphatic rings. The molecule has 0 saturated carbocycles. The topological polar surface area (TPSA) is 33.6 Å². The van der Waals surface area contributed by atoms with Crippen LogP contribution in [0.5, 0.6) is 0 Å². The second-order valence-corrected chi connectivity index (χ2v) is 3.97. The molecule has 18 heavy (non-hydrogen) atoms. The molecule has 0 amide bonds. The predicted octanol–water partition coefficient (Wildman–Crippen LogP) is 3.46. The SMILES string of the molecule is Fc1ccc(NC2=Nc3ccccc3CO2)cc1. The minimum absolute atomic E-state index is 0.266. The first kappa shape index (κ1) is 10.8. The van der Waals surface area contributed by atoms with E-state index in [9.17, 15) is 4.39 Å². The van der Waals surface area contributed by atoms with E-state index < -0.39 is 0 Å². The number of halogens is 1. The first-order valence-corrected chi connectivity index (χ1v) is 5.63. The zero-order valence-corrected chi connectivity index (χ0v) is 9.56. The number of fused-ring (bicyclic) bond motifs is 1. The van der Waals surface area contributed by atoms with Crippen molar-refractivity contribution in [3.05, 3.63) is 59.9 Å². The van der Waals surface area contributed by atoms with Gasteiger partial charge in [0.2, 0.25) is 0 Å². The first-order chi connectivity index (χ1) is 8.81. The minimum atomic E-state index is -0.266. The molecule has 2 aromatic rings. The number of benzene rings is 2. The van der Waals surface area contributed by atoms with Gasteiger partial charge < -0.3 is 10.1 Å². The number of hydrogen-bond donors (Lipinski definition) is 1. The lowest BCUT2D eigenvalue weighted by Crippen LogP contribution is -2.18. The molecule has 0 fully saturated rings. The third-order valence-electron chi connectivity index (χ3n) is 2.67. The van der Waals surface area contributed by atoms with Crippen LogP contribution in [0.4, 0.5) is 15.8 Å². The van der Waals surface area contributed by atoms with Crippen LogP contribution in [0.1, 0.15) is 5.56 Å². The van der Waals surface area contributed by atoms with E-state index in [2.05, 4.69) is 10.3 Å². The van der Waals surface area contributed by atoms with Gasteiger partial charge in [-0.15, -0.1) is 0 Å². The number of para-hydroxylation sites is 1. The molecule has 90 valence electrons. The van der Waals surface area contributed by atoms with Gasteiger partial charge >= 0.3 is 0 Å². The summed E-state index contributed by atoms with van der Waals surface area (Å²) in [6.07, 6.45) is 0. The monoisotopic (exact) mass is 242 g/mol. The molecular formula is C14H11FN2O. The van der Waals surface area contributed by atoms with Crippen molar-refractivity contribution in [1.29, 1.82) is 0 Å². The fourth-order valence-corrected chi connectivity index (χ4v) is 1.75. The van der Waals surface area contributed by atoms with Crippen molar-refractivity contribution in [1.82, 2.24) is 0 Å². The van der Waals surface area contributed by atoms with Crippen LogP contribution in [-0.2, 0) is 11.3 Å². The smallest absolute Gasteiger partial charge is 0.294 e. The fraction of sp³-hybridized carbons (Fsp3) is 0.0714. The summed E-state index contributed by atoms with van der Waals surface area (Å²) in [5, 5.41) is 3.01. The fourth-order valence-electron chi connectivity index (χ4n) is 1.75. The molecule has 0 unspecified atom stereocenters. The lowest BCUT2D eigenvalue weighted by molar-refractivity contribution is 0.286.